The summed E-state index contributed by atoms with van der Waals surface area (Å²) in [4.78, 5) is 0. The average Bonchev–Trinajstić information content (AvgIpc) is 2.75. The zero-order valence-corrected chi connectivity index (χ0v) is 12.3. The Morgan fingerprint density at radius 2 is 1.89 bits per heavy atom. The number of nitrogens with one attached hydrogen (secondary N) is 1. The molecule has 0 radical (unpaired) electrons. The van der Waals surface area contributed by atoms with Gasteiger partial charge in [-0.3, -0.25) is 4.68 Å². The maximum Gasteiger partial charge on any atom is 0.0839 e. The first-order valence-corrected chi connectivity index (χ1v) is 6.91. The van der Waals surface area contributed by atoms with Crippen LogP contribution in [0, 0.1) is 13.8 Å². The van der Waals surface area contributed by atoms with Crippen LogP contribution in [0.5, 0.6) is 0 Å². The van der Waals surface area contributed by atoms with Crippen molar-refractivity contribution in [1.29, 1.82) is 0 Å². The third-order valence-electron chi connectivity index (χ3n) is 3.21. The SMILES string of the molecule is CCCNC(c1cc(C)cc(C)c1)c1ccn(C)n1. The van der Waals surface area contributed by atoms with Crippen molar-refractivity contribution in [2.24, 2.45) is 7.05 Å². The smallest absolute Gasteiger partial charge is 0.0839 e. The highest BCUT2D eigenvalue weighted by molar-refractivity contribution is 5.34. The van der Waals surface area contributed by atoms with E-state index in [4.69, 9.17) is 0 Å². The van der Waals surface area contributed by atoms with E-state index in [1.54, 1.807) is 0 Å². The Balaban J connectivity index is 2.36. The molecular formula is C16H23N3. The maximum atomic E-state index is 4.55. The fraction of sp³-hybridized carbons (Fsp3) is 0.438. The molecule has 3 nitrogen and oxygen atoms in total. The van der Waals surface area contributed by atoms with Gasteiger partial charge in [0.25, 0.3) is 0 Å². The summed E-state index contributed by atoms with van der Waals surface area (Å²) in [5, 5.41) is 8.15. The van der Waals surface area contributed by atoms with Crippen molar-refractivity contribution in [3.63, 3.8) is 0 Å². The first kappa shape index (κ1) is 13.8. The molecule has 2 rings (SSSR count). The van der Waals surface area contributed by atoms with Gasteiger partial charge >= 0.3 is 0 Å². The van der Waals surface area contributed by atoms with Crippen molar-refractivity contribution in [3.8, 4) is 0 Å². The minimum absolute atomic E-state index is 0.180. The van der Waals surface area contributed by atoms with Gasteiger partial charge in [0.15, 0.2) is 0 Å². The van der Waals surface area contributed by atoms with Gasteiger partial charge in [-0.15, -0.1) is 0 Å². The van der Waals surface area contributed by atoms with Crippen molar-refractivity contribution >= 4 is 0 Å². The zero-order chi connectivity index (χ0) is 13.8. The number of benzene rings is 1. The van der Waals surface area contributed by atoms with Gasteiger partial charge in [-0.2, -0.15) is 5.10 Å². The molecule has 1 unspecified atom stereocenters. The van der Waals surface area contributed by atoms with E-state index in [1.165, 1.54) is 16.7 Å². The van der Waals surface area contributed by atoms with E-state index in [2.05, 4.69) is 55.5 Å². The largest absolute Gasteiger partial charge is 0.305 e. The second-order valence-electron chi connectivity index (χ2n) is 5.22. The van der Waals surface area contributed by atoms with E-state index < -0.39 is 0 Å². The van der Waals surface area contributed by atoms with Crippen LogP contribution >= 0.6 is 0 Å². The van der Waals surface area contributed by atoms with E-state index >= 15 is 0 Å². The van der Waals surface area contributed by atoms with Crippen LogP contribution < -0.4 is 5.32 Å². The molecule has 0 bridgehead atoms. The predicted molar refractivity (Wildman–Crippen MR) is 79.3 cm³/mol. The average molecular weight is 257 g/mol. The van der Waals surface area contributed by atoms with Crippen molar-refractivity contribution in [2.45, 2.75) is 33.2 Å². The van der Waals surface area contributed by atoms with Crippen molar-refractivity contribution in [1.82, 2.24) is 15.1 Å². The Hall–Kier alpha value is -1.61. The third-order valence-corrected chi connectivity index (χ3v) is 3.21. The summed E-state index contributed by atoms with van der Waals surface area (Å²) in [7, 11) is 1.96. The van der Waals surface area contributed by atoms with E-state index in [1.807, 2.05) is 17.9 Å². The maximum absolute atomic E-state index is 4.55. The standard InChI is InChI=1S/C16H23N3/c1-5-7-17-16(15-6-8-19(4)18-15)14-10-12(2)9-13(3)11-14/h6,8-11,16-17H,5,7H2,1-4H3. The molecule has 0 aliphatic rings. The molecule has 0 amide bonds. The zero-order valence-electron chi connectivity index (χ0n) is 12.3. The Morgan fingerprint density at radius 3 is 2.42 bits per heavy atom. The van der Waals surface area contributed by atoms with E-state index in [-0.39, 0.29) is 6.04 Å². The third kappa shape index (κ3) is 3.44. The van der Waals surface area contributed by atoms with Crippen molar-refractivity contribution in [2.75, 3.05) is 6.54 Å². The van der Waals surface area contributed by atoms with Gasteiger partial charge in [-0.05, 0) is 38.4 Å². The second kappa shape index (κ2) is 6.02. The number of aromatic nitrogens is 2. The fourth-order valence-corrected chi connectivity index (χ4v) is 2.45. The number of rotatable bonds is 5. The van der Waals surface area contributed by atoms with Gasteiger partial charge in [-0.1, -0.05) is 36.2 Å². The van der Waals surface area contributed by atoms with Gasteiger partial charge in [0.1, 0.15) is 0 Å². The molecule has 1 aromatic carbocycles. The predicted octanol–water partition coefficient (Wildman–Crippen LogP) is 3.13. The molecule has 1 aromatic heterocycles. The molecule has 19 heavy (non-hydrogen) atoms. The highest BCUT2D eigenvalue weighted by Gasteiger charge is 2.16. The van der Waals surface area contributed by atoms with Crippen LogP contribution in [-0.4, -0.2) is 16.3 Å². The first-order chi connectivity index (χ1) is 9.10. The summed E-state index contributed by atoms with van der Waals surface area (Å²) in [5.74, 6) is 0. The summed E-state index contributed by atoms with van der Waals surface area (Å²) in [6, 6.07) is 8.97. The fourth-order valence-electron chi connectivity index (χ4n) is 2.45. The molecule has 3 heteroatoms. The van der Waals surface area contributed by atoms with Crippen LogP contribution in [0.4, 0.5) is 0 Å². The highest BCUT2D eigenvalue weighted by Crippen LogP contribution is 2.22. The molecule has 1 atom stereocenters. The molecule has 1 heterocycles. The van der Waals surface area contributed by atoms with Crippen LogP contribution in [0.1, 0.15) is 41.8 Å². The molecule has 0 spiro atoms. The molecule has 102 valence electrons. The van der Waals surface area contributed by atoms with Crippen molar-refractivity contribution in [3.05, 3.63) is 52.8 Å². The van der Waals surface area contributed by atoms with E-state index in [0.717, 1.165) is 18.7 Å². The number of nitrogens with zero attached hydrogens (tertiary/aromatic N) is 2. The summed E-state index contributed by atoms with van der Waals surface area (Å²) >= 11 is 0. The highest BCUT2D eigenvalue weighted by atomic mass is 15.3. The summed E-state index contributed by atoms with van der Waals surface area (Å²) in [6.45, 7) is 7.47. The lowest BCUT2D eigenvalue weighted by Crippen LogP contribution is -2.24. The van der Waals surface area contributed by atoms with Gasteiger partial charge in [0.2, 0.25) is 0 Å². The van der Waals surface area contributed by atoms with Gasteiger partial charge in [-0.25, -0.2) is 0 Å². The second-order valence-corrected chi connectivity index (χ2v) is 5.22. The minimum Gasteiger partial charge on any atom is -0.305 e. The van der Waals surface area contributed by atoms with Crippen molar-refractivity contribution < 1.29 is 0 Å². The summed E-state index contributed by atoms with van der Waals surface area (Å²) in [5.41, 5.74) is 4.98. The lowest BCUT2D eigenvalue weighted by atomic mass is 9.99. The lowest BCUT2D eigenvalue weighted by molar-refractivity contribution is 0.575. The van der Waals surface area contributed by atoms with Crippen LogP contribution in [0.2, 0.25) is 0 Å². The molecule has 0 aliphatic heterocycles. The Kier molecular flexibility index (Phi) is 4.38. The Labute approximate surface area is 115 Å². The molecule has 0 saturated carbocycles. The van der Waals surface area contributed by atoms with Gasteiger partial charge < -0.3 is 5.32 Å². The summed E-state index contributed by atoms with van der Waals surface area (Å²) in [6.07, 6.45) is 3.12. The Morgan fingerprint density at radius 1 is 1.21 bits per heavy atom. The lowest BCUT2D eigenvalue weighted by Gasteiger charge is -2.18. The van der Waals surface area contributed by atoms with E-state index in [9.17, 15) is 0 Å². The minimum atomic E-state index is 0.180. The normalized spacial score (nSPS) is 12.6. The van der Waals surface area contributed by atoms with Gasteiger partial charge in [0, 0.05) is 13.2 Å². The quantitative estimate of drug-likeness (QED) is 0.892. The molecular weight excluding hydrogens is 234 g/mol. The first-order valence-electron chi connectivity index (χ1n) is 6.91. The van der Waals surface area contributed by atoms with Crippen LogP contribution in [0.15, 0.2) is 30.5 Å². The van der Waals surface area contributed by atoms with E-state index in [0.29, 0.717) is 0 Å². The molecule has 1 N–H and O–H groups in total. The number of hydrogen-bond donors (Lipinski definition) is 1. The monoisotopic (exact) mass is 257 g/mol. The Bertz CT molecular complexity index is 522. The molecule has 2 aromatic rings. The topological polar surface area (TPSA) is 29.9 Å². The number of aryl methyl sites for hydroxylation is 3. The van der Waals surface area contributed by atoms with Crippen LogP contribution in [0.3, 0.4) is 0 Å². The molecule has 0 fully saturated rings. The molecule has 0 aliphatic carbocycles. The van der Waals surface area contributed by atoms with Crippen LogP contribution in [-0.2, 0) is 7.05 Å². The molecule has 0 saturated heterocycles. The summed E-state index contributed by atoms with van der Waals surface area (Å²) < 4.78 is 1.86. The number of hydrogen-bond acceptors (Lipinski definition) is 2. The van der Waals surface area contributed by atoms with Gasteiger partial charge in [0.05, 0.1) is 11.7 Å². The van der Waals surface area contributed by atoms with Crippen LogP contribution in [0.25, 0.3) is 0 Å².